The summed E-state index contributed by atoms with van der Waals surface area (Å²) < 4.78 is 17.9. The molecule has 1 aliphatic heterocycles. The van der Waals surface area contributed by atoms with Gasteiger partial charge >= 0.3 is 5.97 Å². The normalized spacial score (nSPS) is 19.3. The summed E-state index contributed by atoms with van der Waals surface area (Å²) in [5.74, 6) is -0.493. The van der Waals surface area contributed by atoms with Crippen molar-refractivity contribution in [3.05, 3.63) is 35.6 Å². The van der Waals surface area contributed by atoms with Gasteiger partial charge in [0, 0.05) is 6.54 Å². The number of nitrogens with zero attached hydrogens (tertiary/aromatic N) is 2. The lowest BCUT2D eigenvalue weighted by Gasteiger charge is -2.31. The average Bonchev–Trinajstić information content (AvgIpc) is 2.47. The first kappa shape index (κ1) is 14.5. The molecule has 20 heavy (non-hydrogen) atoms. The van der Waals surface area contributed by atoms with Gasteiger partial charge in [-0.25, -0.2) is 9.18 Å². The fraction of sp³-hybridized carbons (Fsp3) is 0.467. The Hall–Kier alpha value is -1.91. The third-order valence-electron chi connectivity index (χ3n) is 3.26. The molecule has 4 nitrogen and oxygen atoms in total. The second-order valence-corrected chi connectivity index (χ2v) is 4.72. The number of rotatable bonds is 4. The summed E-state index contributed by atoms with van der Waals surface area (Å²) in [6.45, 7) is 2.92. The molecule has 0 N–H and O–H groups in total. The van der Waals surface area contributed by atoms with E-state index in [0.717, 1.165) is 31.4 Å². The van der Waals surface area contributed by atoms with Crippen molar-refractivity contribution in [2.75, 3.05) is 13.2 Å². The maximum absolute atomic E-state index is 12.8. The summed E-state index contributed by atoms with van der Waals surface area (Å²) in [6, 6.07) is 5.78. The van der Waals surface area contributed by atoms with E-state index in [1.54, 1.807) is 30.3 Å². The number of piperidine rings is 1. The molecule has 1 fully saturated rings. The van der Waals surface area contributed by atoms with E-state index in [1.807, 2.05) is 0 Å². The quantitative estimate of drug-likeness (QED) is 0.628. The molecular formula is C15H19FN2O2. The Kier molecular flexibility index (Phi) is 5.09. The standard InChI is InChI=1S/C15H19FN2O2/c1-2-20-15(19)14-5-3-4-10-18(14)17-11-12-6-8-13(16)9-7-12/h6-9,11,14H,2-5,10H2,1H3. The molecule has 0 radical (unpaired) electrons. The largest absolute Gasteiger partial charge is 0.464 e. The second kappa shape index (κ2) is 7.03. The first-order valence-electron chi connectivity index (χ1n) is 6.93. The highest BCUT2D eigenvalue weighted by atomic mass is 19.1. The first-order chi connectivity index (χ1) is 9.70. The zero-order valence-corrected chi connectivity index (χ0v) is 11.6. The zero-order valence-electron chi connectivity index (χ0n) is 11.6. The SMILES string of the molecule is CCOC(=O)C1CCCCN1N=Cc1ccc(F)cc1. The van der Waals surface area contributed by atoms with Crippen molar-refractivity contribution in [1.29, 1.82) is 0 Å². The van der Waals surface area contributed by atoms with Crippen molar-refractivity contribution in [3.8, 4) is 0 Å². The molecule has 0 aliphatic carbocycles. The van der Waals surface area contributed by atoms with E-state index in [0.29, 0.717) is 6.61 Å². The highest BCUT2D eigenvalue weighted by molar-refractivity contribution is 5.80. The van der Waals surface area contributed by atoms with E-state index in [1.165, 1.54) is 12.1 Å². The number of hydrogen-bond acceptors (Lipinski definition) is 4. The molecule has 1 aliphatic rings. The molecule has 1 aromatic rings. The lowest BCUT2D eigenvalue weighted by atomic mass is 10.0. The van der Waals surface area contributed by atoms with Gasteiger partial charge in [-0.3, -0.25) is 5.01 Å². The highest BCUT2D eigenvalue weighted by Crippen LogP contribution is 2.18. The highest BCUT2D eigenvalue weighted by Gasteiger charge is 2.28. The van der Waals surface area contributed by atoms with Crippen LogP contribution < -0.4 is 0 Å². The molecule has 1 saturated heterocycles. The van der Waals surface area contributed by atoms with Crippen molar-refractivity contribution in [3.63, 3.8) is 0 Å². The summed E-state index contributed by atoms with van der Waals surface area (Å²) in [4.78, 5) is 11.9. The third-order valence-corrected chi connectivity index (χ3v) is 3.26. The minimum atomic E-state index is -0.305. The van der Waals surface area contributed by atoms with Crippen LogP contribution in [0.4, 0.5) is 4.39 Å². The Bertz CT molecular complexity index is 473. The Morgan fingerprint density at radius 1 is 1.45 bits per heavy atom. The summed E-state index contributed by atoms with van der Waals surface area (Å²) in [5.41, 5.74) is 0.805. The van der Waals surface area contributed by atoms with Gasteiger partial charge in [0.15, 0.2) is 0 Å². The van der Waals surface area contributed by atoms with Crippen LogP contribution in [0.3, 0.4) is 0 Å². The second-order valence-electron chi connectivity index (χ2n) is 4.72. The lowest BCUT2D eigenvalue weighted by molar-refractivity contribution is -0.150. The van der Waals surface area contributed by atoms with Gasteiger partial charge in [-0.2, -0.15) is 5.10 Å². The Balaban J connectivity index is 2.04. The minimum Gasteiger partial charge on any atom is -0.464 e. The van der Waals surface area contributed by atoms with Crippen LogP contribution in [0.15, 0.2) is 29.4 Å². The van der Waals surface area contributed by atoms with E-state index in [2.05, 4.69) is 5.10 Å². The maximum atomic E-state index is 12.8. The number of esters is 1. The number of carbonyl (C=O) groups is 1. The summed E-state index contributed by atoms with van der Waals surface area (Å²) >= 11 is 0. The van der Waals surface area contributed by atoms with Crippen molar-refractivity contribution >= 4 is 12.2 Å². The summed E-state index contributed by atoms with van der Waals surface area (Å²) in [6.07, 6.45) is 4.43. The van der Waals surface area contributed by atoms with E-state index in [4.69, 9.17) is 4.74 Å². The number of carbonyl (C=O) groups excluding carboxylic acids is 1. The van der Waals surface area contributed by atoms with Crippen LogP contribution in [0.5, 0.6) is 0 Å². The van der Waals surface area contributed by atoms with E-state index in [-0.39, 0.29) is 17.8 Å². The number of halogens is 1. The summed E-state index contributed by atoms with van der Waals surface area (Å²) in [7, 11) is 0. The minimum absolute atomic E-state index is 0.219. The molecule has 1 unspecified atom stereocenters. The molecule has 0 spiro atoms. The van der Waals surface area contributed by atoms with E-state index >= 15 is 0 Å². The Morgan fingerprint density at radius 3 is 2.90 bits per heavy atom. The number of ether oxygens (including phenoxy) is 1. The third kappa shape index (κ3) is 3.79. The monoisotopic (exact) mass is 278 g/mol. The van der Waals surface area contributed by atoms with Crippen LogP contribution in [0.25, 0.3) is 0 Å². The molecule has 2 rings (SSSR count). The molecule has 0 amide bonds. The molecular weight excluding hydrogens is 259 g/mol. The van der Waals surface area contributed by atoms with E-state index < -0.39 is 0 Å². The van der Waals surface area contributed by atoms with Gasteiger partial charge in [-0.1, -0.05) is 12.1 Å². The Labute approximate surface area is 118 Å². The molecule has 5 heteroatoms. The zero-order chi connectivity index (χ0) is 14.4. The smallest absolute Gasteiger partial charge is 0.330 e. The molecule has 1 atom stereocenters. The van der Waals surface area contributed by atoms with Crippen molar-refractivity contribution in [1.82, 2.24) is 5.01 Å². The summed E-state index contributed by atoms with van der Waals surface area (Å²) in [5, 5.41) is 6.12. The van der Waals surface area contributed by atoms with Gasteiger partial charge in [0.25, 0.3) is 0 Å². The van der Waals surface area contributed by atoms with Crippen LogP contribution in [-0.4, -0.2) is 36.4 Å². The fourth-order valence-corrected chi connectivity index (χ4v) is 2.22. The molecule has 1 heterocycles. The number of hydrazone groups is 1. The lowest BCUT2D eigenvalue weighted by Crippen LogP contribution is -2.42. The van der Waals surface area contributed by atoms with Crippen LogP contribution in [0, 0.1) is 5.82 Å². The van der Waals surface area contributed by atoms with Gasteiger partial charge < -0.3 is 4.74 Å². The molecule has 0 bridgehead atoms. The van der Waals surface area contributed by atoms with Gasteiger partial charge in [-0.05, 0) is 43.9 Å². The van der Waals surface area contributed by atoms with Crippen LogP contribution in [-0.2, 0) is 9.53 Å². The predicted octanol–water partition coefficient (Wildman–Crippen LogP) is 2.58. The number of benzene rings is 1. The van der Waals surface area contributed by atoms with E-state index in [9.17, 15) is 9.18 Å². The predicted molar refractivity (Wildman–Crippen MR) is 75.0 cm³/mol. The maximum Gasteiger partial charge on any atom is 0.330 e. The van der Waals surface area contributed by atoms with Crippen molar-refractivity contribution in [2.45, 2.75) is 32.2 Å². The van der Waals surface area contributed by atoms with Gasteiger partial charge in [-0.15, -0.1) is 0 Å². The van der Waals surface area contributed by atoms with Crippen molar-refractivity contribution in [2.24, 2.45) is 5.10 Å². The topological polar surface area (TPSA) is 41.9 Å². The molecule has 108 valence electrons. The van der Waals surface area contributed by atoms with Gasteiger partial charge in [0.05, 0.1) is 12.8 Å². The van der Waals surface area contributed by atoms with Crippen LogP contribution >= 0.6 is 0 Å². The van der Waals surface area contributed by atoms with Crippen molar-refractivity contribution < 1.29 is 13.9 Å². The number of hydrogen-bond donors (Lipinski definition) is 0. The van der Waals surface area contributed by atoms with Crippen LogP contribution in [0.2, 0.25) is 0 Å². The Morgan fingerprint density at radius 2 is 2.20 bits per heavy atom. The molecule has 1 aromatic carbocycles. The first-order valence-corrected chi connectivity index (χ1v) is 6.93. The van der Waals surface area contributed by atoms with Gasteiger partial charge in [0.1, 0.15) is 11.9 Å². The molecule has 0 aromatic heterocycles. The fourth-order valence-electron chi connectivity index (χ4n) is 2.22. The van der Waals surface area contributed by atoms with Gasteiger partial charge in [0.2, 0.25) is 0 Å². The molecule has 0 saturated carbocycles. The average molecular weight is 278 g/mol. The van der Waals surface area contributed by atoms with Crippen LogP contribution in [0.1, 0.15) is 31.7 Å².